The Bertz CT molecular complexity index is 433. The summed E-state index contributed by atoms with van der Waals surface area (Å²) in [5, 5.41) is 0. The number of hydrogen-bond donors (Lipinski definition) is 0. The number of nitrogens with zero attached hydrogens (tertiary/aromatic N) is 2. The molecule has 1 fully saturated rings. The van der Waals surface area contributed by atoms with E-state index in [2.05, 4.69) is 4.98 Å². The first kappa shape index (κ1) is 16.7. The summed E-state index contributed by atoms with van der Waals surface area (Å²) in [5.74, 6) is 1.18. The summed E-state index contributed by atoms with van der Waals surface area (Å²) in [6.07, 6.45) is 5.24. The Balaban J connectivity index is 1.62. The Morgan fingerprint density at radius 2 is 2.18 bits per heavy atom. The highest BCUT2D eigenvalue weighted by molar-refractivity contribution is 5.77. The summed E-state index contributed by atoms with van der Waals surface area (Å²) in [4.78, 5) is 17.9. The van der Waals surface area contributed by atoms with Gasteiger partial charge in [0.25, 0.3) is 5.91 Å². The molecule has 0 bridgehead atoms. The molecule has 2 rings (SSSR count). The molecule has 1 amide bonds. The van der Waals surface area contributed by atoms with Crippen LogP contribution < -0.4 is 4.74 Å². The molecule has 2 heterocycles. The third kappa shape index (κ3) is 5.61. The van der Waals surface area contributed by atoms with Crippen LogP contribution in [-0.2, 0) is 14.3 Å². The number of methoxy groups -OCH3 is 1. The molecule has 0 aromatic carbocycles. The van der Waals surface area contributed by atoms with Crippen LogP contribution in [0.15, 0.2) is 24.5 Å². The van der Waals surface area contributed by atoms with Crippen LogP contribution in [0.1, 0.15) is 12.8 Å². The quantitative estimate of drug-likeness (QED) is 0.679. The third-order valence-electron chi connectivity index (χ3n) is 3.75. The highest BCUT2D eigenvalue weighted by atomic mass is 16.5. The molecule has 0 atom stereocenters. The van der Waals surface area contributed by atoms with E-state index in [9.17, 15) is 4.79 Å². The van der Waals surface area contributed by atoms with Crippen molar-refractivity contribution in [2.45, 2.75) is 12.8 Å². The second kappa shape index (κ2) is 9.38. The zero-order valence-electron chi connectivity index (χ0n) is 13.1. The second-order valence-electron chi connectivity index (χ2n) is 5.37. The van der Waals surface area contributed by atoms with Crippen molar-refractivity contribution in [3.63, 3.8) is 0 Å². The molecule has 6 heteroatoms. The fraction of sp³-hybridized carbons (Fsp3) is 0.625. The fourth-order valence-electron chi connectivity index (χ4n) is 2.41. The van der Waals surface area contributed by atoms with Crippen LogP contribution in [0.4, 0.5) is 0 Å². The van der Waals surface area contributed by atoms with Crippen LogP contribution in [0, 0.1) is 5.92 Å². The molecule has 22 heavy (non-hydrogen) atoms. The monoisotopic (exact) mass is 308 g/mol. The van der Waals surface area contributed by atoms with Crippen molar-refractivity contribution in [3.8, 4) is 5.75 Å². The molecule has 122 valence electrons. The molecule has 0 aliphatic carbocycles. The minimum Gasteiger partial charge on any atom is -0.482 e. The molecule has 1 aromatic heterocycles. The Morgan fingerprint density at radius 1 is 1.36 bits per heavy atom. The summed E-state index contributed by atoms with van der Waals surface area (Å²) in [6, 6.07) is 3.58. The largest absolute Gasteiger partial charge is 0.482 e. The van der Waals surface area contributed by atoms with E-state index in [0.717, 1.165) is 32.5 Å². The number of ether oxygens (including phenoxy) is 3. The predicted octanol–water partition coefficient (Wildman–Crippen LogP) is 1.36. The minimum absolute atomic E-state index is 0.0302. The first-order valence-electron chi connectivity index (χ1n) is 7.67. The van der Waals surface area contributed by atoms with Gasteiger partial charge in [-0.3, -0.25) is 9.78 Å². The average molecular weight is 308 g/mol. The van der Waals surface area contributed by atoms with Crippen LogP contribution in [0.2, 0.25) is 0 Å². The van der Waals surface area contributed by atoms with Crippen LogP contribution in [0.3, 0.4) is 0 Å². The van der Waals surface area contributed by atoms with Gasteiger partial charge in [0.15, 0.2) is 6.61 Å². The van der Waals surface area contributed by atoms with Gasteiger partial charge in [0, 0.05) is 33.0 Å². The Kier molecular flexibility index (Phi) is 7.12. The smallest absolute Gasteiger partial charge is 0.260 e. The first-order chi connectivity index (χ1) is 10.8. The van der Waals surface area contributed by atoms with E-state index < -0.39 is 0 Å². The van der Waals surface area contributed by atoms with Crippen molar-refractivity contribution in [2.75, 3.05) is 46.6 Å². The van der Waals surface area contributed by atoms with Gasteiger partial charge in [0.2, 0.25) is 0 Å². The van der Waals surface area contributed by atoms with E-state index in [1.807, 2.05) is 4.90 Å². The van der Waals surface area contributed by atoms with Crippen LogP contribution in [0.25, 0.3) is 0 Å². The molecule has 0 unspecified atom stereocenters. The number of rotatable bonds is 8. The third-order valence-corrected chi connectivity index (χ3v) is 3.75. The Morgan fingerprint density at radius 3 is 2.86 bits per heavy atom. The molecule has 0 radical (unpaired) electrons. The van der Waals surface area contributed by atoms with E-state index in [0.29, 0.717) is 24.9 Å². The normalized spacial score (nSPS) is 15.8. The molecule has 1 aliphatic heterocycles. The van der Waals surface area contributed by atoms with Crippen molar-refractivity contribution in [2.24, 2.45) is 5.92 Å². The highest BCUT2D eigenvalue weighted by Gasteiger charge is 2.23. The lowest BCUT2D eigenvalue weighted by atomic mass is 9.98. The number of carbonyl (C=O) groups excluding carboxylic acids is 1. The molecule has 0 N–H and O–H groups in total. The van der Waals surface area contributed by atoms with Gasteiger partial charge in [-0.1, -0.05) is 0 Å². The van der Waals surface area contributed by atoms with Gasteiger partial charge >= 0.3 is 0 Å². The number of carbonyl (C=O) groups is 1. The van der Waals surface area contributed by atoms with Crippen LogP contribution >= 0.6 is 0 Å². The second-order valence-corrected chi connectivity index (χ2v) is 5.37. The van der Waals surface area contributed by atoms with E-state index in [-0.39, 0.29) is 12.5 Å². The van der Waals surface area contributed by atoms with E-state index >= 15 is 0 Å². The number of pyridine rings is 1. The van der Waals surface area contributed by atoms with Crippen molar-refractivity contribution < 1.29 is 19.0 Å². The van der Waals surface area contributed by atoms with Crippen LogP contribution in [0.5, 0.6) is 5.75 Å². The topological polar surface area (TPSA) is 60.9 Å². The van der Waals surface area contributed by atoms with Crippen molar-refractivity contribution >= 4 is 5.91 Å². The van der Waals surface area contributed by atoms with Crippen molar-refractivity contribution in [1.82, 2.24) is 9.88 Å². The van der Waals surface area contributed by atoms with E-state index in [1.54, 1.807) is 31.6 Å². The zero-order chi connectivity index (χ0) is 15.6. The summed E-state index contributed by atoms with van der Waals surface area (Å²) in [7, 11) is 1.67. The zero-order valence-corrected chi connectivity index (χ0v) is 13.1. The molecule has 0 saturated carbocycles. The SMILES string of the molecule is COCCOCC1CCN(C(=O)COc2cccnc2)CC1. The molecule has 1 aliphatic rings. The molecule has 6 nitrogen and oxygen atoms in total. The van der Waals surface area contributed by atoms with Gasteiger partial charge in [-0.05, 0) is 30.9 Å². The standard InChI is InChI=1S/C16H24N2O4/c1-20-9-10-21-12-14-4-7-18(8-5-14)16(19)13-22-15-3-2-6-17-11-15/h2-3,6,11,14H,4-5,7-10,12-13H2,1H3. The van der Waals surface area contributed by atoms with Gasteiger partial charge in [-0.15, -0.1) is 0 Å². The summed E-state index contributed by atoms with van der Waals surface area (Å²) in [5.41, 5.74) is 0. The fourth-order valence-corrected chi connectivity index (χ4v) is 2.41. The Hall–Kier alpha value is -1.66. The molecular formula is C16H24N2O4. The number of likely N-dealkylation sites (tertiary alicyclic amines) is 1. The van der Waals surface area contributed by atoms with Crippen molar-refractivity contribution in [1.29, 1.82) is 0 Å². The number of hydrogen-bond acceptors (Lipinski definition) is 5. The van der Waals surface area contributed by atoms with Crippen molar-refractivity contribution in [3.05, 3.63) is 24.5 Å². The molecule has 0 spiro atoms. The maximum absolute atomic E-state index is 12.1. The van der Waals surface area contributed by atoms with Gasteiger partial charge in [-0.2, -0.15) is 0 Å². The molecule has 1 saturated heterocycles. The number of aromatic nitrogens is 1. The van der Waals surface area contributed by atoms with Crippen LogP contribution in [-0.4, -0.2) is 62.4 Å². The van der Waals surface area contributed by atoms with E-state index in [1.165, 1.54) is 0 Å². The average Bonchev–Trinajstić information content (AvgIpc) is 2.58. The molecular weight excluding hydrogens is 284 g/mol. The first-order valence-corrected chi connectivity index (χ1v) is 7.67. The highest BCUT2D eigenvalue weighted by Crippen LogP contribution is 2.18. The maximum atomic E-state index is 12.1. The predicted molar refractivity (Wildman–Crippen MR) is 81.7 cm³/mol. The summed E-state index contributed by atoms with van der Waals surface area (Å²) >= 11 is 0. The lowest BCUT2D eigenvalue weighted by molar-refractivity contribution is -0.135. The van der Waals surface area contributed by atoms with Gasteiger partial charge in [0.05, 0.1) is 19.4 Å². The summed E-state index contributed by atoms with van der Waals surface area (Å²) < 4.78 is 15.9. The Labute approximate surface area is 131 Å². The van der Waals surface area contributed by atoms with Gasteiger partial charge in [0.1, 0.15) is 5.75 Å². The number of piperidine rings is 1. The minimum atomic E-state index is 0.0302. The maximum Gasteiger partial charge on any atom is 0.260 e. The molecule has 1 aromatic rings. The van der Waals surface area contributed by atoms with E-state index in [4.69, 9.17) is 14.2 Å². The van der Waals surface area contributed by atoms with Gasteiger partial charge < -0.3 is 19.1 Å². The summed E-state index contributed by atoms with van der Waals surface area (Å²) in [6.45, 7) is 3.62. The lowest BCUT2D eigenvalue weighted by Crippen LogP contribution is -2.41. The lowest BCUT2D eigenvalue weighted by Gasteiger charge is -2.31. The number of amides is 1. The van der Waals surface area contributed by atoms with Gasteiger partial charge in [-0.25, -0.2) is 0 Å².